The number of piperidine rings is 1. The maximum Gasteiger partial charge on any atom is 0.243 e. The molecule has 2 heterocycles. The van der Waals surface area contributed by atoms with Gasteiger partial charge in [0.2, 0.25) is 15.9 Å². The van der Waals surface area contributed by atoms with Crippen LogP contribution in [0.4, 0.5) is 5.13 Å². The van der Waals surface area contributed by atoms with E-state index in [0.29, 0.717) is 48.8 Å². The average Bonchev–Trinajstić information content (AvgIpc) is 3.15. The van der Waals surface area contributed by atoms with Crippen LogP contribution >= 0.6 is 23.1 Å². The Morgan fingerprint density at radius 1 is 1.19 bits per heavy atom. The monoisotopic (exact) mass is 493 g/mol. The second-order valence-electron chi connectivity index (χ2n) is 9.08. The van der Waals surface area contributed by atoms with E-state index < -0.39 is 10.0 Å². The minimum absolute atomic E-state index is 0.0818. The van der Waals surface area contributed by atoms with Crippen LogP contribution in [-0.2, 0) is 21.2 Å². The third-order valence-electron chi connectivity index (χ3n) is 5.99. The summed E-state index contributed by atoms with van der Waals surface area (Å²) in [5, 5.41) is 3.31. The first-order valence-electron chi connectivity index (χ1n) is 10.6. The first-order valence-corrected chi connectivity index (χ1v) is 14.1. The van der Waals surface area contributed by atoms with Gasteiger partial charge in [-0.15, -0.1) is 11.8 Å². The Hall–Kier alpha value is -1.75. The van der Waals surface area contributed by atoms with Crippen molar-refractivity contribution < 1.29 is 18.0 Å². The Labute approximate surface area is 197 Å². The fraction of sp³-hybridized carbons (Fsp3) is 0.500. The molecule has 0 radical (unpaired) electrons. The molecule has 172 valence electrons. The second-order valence-corrected chi connectivity index (χ2v) is 12.9. The first kappa shape index (κ1) is 23.4. The maximum atomic E-state index is 12.9. The van der Waals surface area contributed by atoms with Gasteiger partial charge in [-0.25, -0.2) is 13.4 Å². The number of sulfonamides is 1. The zero-order valence-corrected chi connectivity index (χ0v) is 20.8. The predicted molar refractivity (Wildman–Crippen MR) is 127 cm³/mol. The number of rotatable bonds is 5. The molecule has 0 unspecified atom stereocenters. The van der Waals surface area contributed by atoms with E-state index in [1.807, 2.05) is 20.1 Å². The quantitative estimate of drug-likeness (QED) is 0.631. The van der Waals surface area contributed by atoms with Crippen molar-refractivity contribution in [1.29, 1.82) is 0 Å². The molecule has 1 saturated heterocycles. The number of nitrogens with one attached hydrogen (secondary N) is 1. The van der Waals surface area contributed by atoms with Gasteiger partial charge in [0.05, 0.1) is 15.5 Å². The molecule has 0 atom stereocenters. The molecule has 1 fully saturated rings. The number of benzene rings is 1. The van der Waals surface area contributed by atoms with Crippen LogP contribution in [0.5, 0.6) is 0 Å². The second kappa shape index (κ2) is 8.89. The molecule has 2 aliphatic rings. The molecule has 0 saturated carbocycles. The highest BCUT2D eigenvalue weighted by Gasteiger charge is 2.35. The van der Waals surface area contributed by atoms with Gasteiger partial charge in [-0.05, 0) is 55.2 Å². The van der Waals surface area contributed by atoms with Gasteiger partial charge in [-0.1, -0.05) is 25.2 Å². The number of anilines is 1. The number of thiazole rings is 1. The molecule has 1 aliphatic heterocycles. The fourth-order valence-corrected chi connectivity index (χ4v) is 7.04. The van der Waals surface area contributed by atoms with Gasteiger partial charge in [0.15, 0.2) is 10.9 Å². The van der Waals surface area contributed by atoms with Gasteiger partial charge >= 0.3 is 0 Å². The van der Waals surface area contributed by atoms with Crippen molar-refractivity contribution in [3.05, 3.63) is 34.8 Å². The van der Waals surface area contributed by atoms with E-state index in [-0.39, 0.29) is 27.9 Å². The van der Waals surface area contributed by atoms with Crippen molar-refractivity contribution >= 4 is 49.9 Å². The van der Waals surface area contributed by atoms with Crippen molar-refractivity contribution in [1.82, 2.24) is 9.29 Å². The van der Waals surface area contributed by atoms with Crippen LogP contribution in [0.1, 0.15) is 48.5 Å². The third-order valence-corrected chi connectivity index (χ3v) is 9.70. The molecular formula is C22H27N3O4S3. The number of hydrogen-bond donors (Lipinski definition) is 1. The zero-order valence-electron chi connectivity index (χ0n) is 18.4. The molecule has 10 heteroatoms. The Balaban J connectivity index is 1.37. The lowest BCUT2D eigenvalue weighted by atomic mass is 9.78. The van der Waals surface area contributed by atoms with Gasteiger partial charge < -0.3 is 5.32 Å². The summed E-state index contributed by atoms with van der Waals surface area (Å²) in [4.78, 5) is 31.6. The Morgan fingerprint density at radius 3 is 2.47 bits per heavy atom. The van der Waals surface area contributed by atoms with Crippen molar-refractivity contribution in [2.75, 3.05) is 24.7 Å². The number of nitrogens with zero attached hydrogens (tertiary/aromatic N) is 2. The van der Waals surface area contributed by atoms with Crippen molar-refractivity contribution in [2.24, 2.45) is 11.3 Å². The highest BCUT2D eigenvalue weighted by Crippen LogP contribution is 2.38. The Bertz CT molecular complexity index is 1130. The Kier molecular flexibility index (Phi) is 6.50. The fourth-order valence-electron chi connectivity index (χ4n) is 4.24. The third kappa shape index (κ3) is 4.78. The van der Waals surface area contributed by atoms with E-state index in [2.05, 4.69) is 10.3 Å². The number of ketones is 1. The summed E-state index contributed by atoms with van der Waals surface area (Å²) in [6.45, 7) is 4.69. The maximum absolute atomic E-state index is 12.9. The van der Waals surface area contributed by atoms with E-state index in [9.17, 15) is 18.0 Å². The van der Waals surface area contributed by atoms with Crippen molar-refractivity contribution in [2.45, 2.75) is 49.3 Å². The van der Waals surface area contributed by atoms with E-state index in [4.69, 9.17) is 0 Å². The lowest BCUT2D eigenvalue weighted by Gasteiger charge is -2.30. The van der Waals surface area contributed by atoms with Gasteiger partial charge in [0.1, 0.15) is 0 Å². The molecule has 32 heavy (non-hydrogen) atoms. The SMILES string of the molecule is CSc1ccc(S(=O)(=O)N2CCC(C(=O)Nc3nc4c(s3)C(=O)CC(C)(C)C4)CC2)cc1. The van der Waals surface area contributed by atoms with Crippen LogP contribution in [-0.4, -0.2) is 48.7 Å². The van der Waals surface area contributed by atoms with Crippen LogP contribution in [0.3, 0.4) is 0 Å². The molecule has 1 aromatic carbocycles. The molecule has 0 bridgehead atoms. The lowest BCUT2D eigenvalue weighted by Crippen LogP contribution is -2.41. The average molecular weight is 494 g/mol. The van der Waals surface area contributed by atoms with Crippen LogP contribution in [0.15, 0.2) is 34.1 Å². The molecule has 1 aromatic heterocycles. The number of hydrogen-bond acceptors (Lipinski definition) is 7. The van der Waals surface area contributed by atoms with Crippen LogP contribution in [0, 0.1) is 11.3 Å². The molecule has 7 nitrogen and oxygen atoms in total. The zero-order chi connectivity index (χ0) is 23.1. The lowest BCUT2D eigenvalue weighted by molar-refractivity contribution is -0.120. The first-order chi connectivity index (χ1) is 15.1. The van der Waals surface area contributed by atoms with Crippen molar-refractivity contribution in [3.8, 4) is 0 Å². The van der Waals surface area contributed by atoms with Gasteiger partial charge in [0.25, 0.3) is 0 Å². The van der Waals surface area contributed by atoms with E-state index in [0.717, 1.165) is 10.6 Å². The van der Waals surface area contributed by atoms with Crippen molar-refractivity contribution in [3.63, 3.8) is 0 Å². The van der Waals surface area contributed by atoms with Crippen LogP contribution in [0.25, 0.3) is 0 Å². The topological polar surface area (TPSA) is 96.4 Å². The number of fused-ring (bicyclic) bond motifs is 1. The Morgan fingerprint density at radius 2 is 1.84 bits per heavy atom. The molecule has 1 aliphatic carbocycles. The number of amides is 1. The van der Waals surface area contributed by atoms with Crippen LogP contribution < -0.4 is 5.32 Å². The summed E-state index contributed by atoms with van der Waals surface area (Å²) in [6.07, 6.45) is 4.05. The number of Topliss-reactive ketones (excluding diaryl/α,β-unsaturated/α-hetero) is 1. The summed E-state index contributed by atoms with van der Waals surface area (Å²) in [5.74, 6) is -0.365. The highest BCUT2D eigenvalue weighted by molar-refractivity contribution is 7.98. The highest BCUT2D eigenvalue weighted by atomic mass is 32.2. The summed E-state index contributed by atoms with van der Waals surface area (Å²) in [7, 11) is -3.57. The molecule has 2 aromatic rings. The summed E-state index contributed by atoms with van der Waals surface area (Å²) in [6, 6.07) is 6.87. The van der Waals surface area contributed by atoms with E-state index in [1.165, 1.54) is 15.6 Å². The smallest absolute Gasteiger partial charge is 0.243 e. The van der Waals surface area contributed by atoms with Gasteiger partial charge in [-0.2, -0.15) is 4.31 Å². The number of thioether (sulfide) groups is 1. The largest absolute Gasteiger partial charge is 0.302 e. The number of aromatic nitrogens is 1. The summed E-state index contributed by atoms with van der Waals surface area (Å²) >= 11 is 2.80. The number of carbonyl (C=O) groups is 2. The standard InChI is InChI=1S/C22H27N3O4S3/c1-22(2)12-17-19(18(26)13-22)31-21(23-17)24-20(27)14-8-10-25(11-9-14)32(28,29)16-6-4-15(30-3)5-7-16/h4-7,14H,8-13H2,1-3H3,(H,23,24,27). The molecular weight excluding hydrogens is 466 g/mol. The van der Waals surface area contributed by atoms with E-state index in [1.54, 1.807) is 36.0 Å². The normalized spacial score (nSPS) is 19.5. The molecule has 0 spiro atoms. The molecule has 4 rings (SSSR count). The van der Waals surface area contributed by atoms with Crippen LogP contribution in [0.2, 0.25) is 0 Å². The van der Waals surface area contributed by atoms with Gasteiger partial charge in [0, 0.05) is 30.3 Å². The predicted octanol–water partition coefficient (Wildman–Crippen LogP) is 4.06. The minimum atomic E-state index is -3.57. The molecule has 1 amide bonds. The number of carbonyl (C=O) groups excluding carboxylic acids is 2. The van der Waals surface area contributed by atoms with E-state index >= 15 is 0 Å². The van der Waals surface area contributed by atoms with Gasteiger partial charge in [-0.3, -0.25) is 9.59 Å². The molecule has 1 N–H and O–H groups in total. The summed E-state index contributed by atoms with van der Waals surface area (Å²) in [5.41, 5.74) is 0.646. The minimum Gasteiger partial charge on any atom is -0.302 e. The summed E-state index contributed by atoms with van der Waals surface area (Å²) < 4.78 is 27.3.